The van der Waals surface area contributed by atoms with Crippen molar-refractivity contribution in [3.8, 4) is 0 Å². The summed E-state index contributed by atoms with van der Waals surface area (Å²) in [5.41, 5.74) is 0. The predicted molar refractivity (Wildman–Crippen MR) is 100 cm³/mol. The normalized spacial score (nSPS) is 15.7. The van der Waals surface area contributed by atoms with Gasteiger partial charge in [0.2, 0.25) is 0 Å². The zero-order valence-electron chi connectivity index (χ0n) is 16.7. The number of halogens is 1. The molecule has 0 saturated heterocycles. The van der Waals surface area contributed by atoms with Crippen LogP contribution < -0.4 is 0 Å². The summed E-state index contributed by atoms with van der Waals surface area (Å²) in [4.78, 5) is 0. The van der Waals surface area contributed by atoms with Crippen LogP contribution in [0.3, 0.4) is 0 Å². The number of ether oxygens (including phenoxy) is 4. The number of rotatable bonds is 18. The van der Waals surface area contributed by atoms with Gasteiger partial charge in [-0.3, -0.25) is 0 Å². The van der Waals surface area contributed by atoms with Gasteiger partial charge in [-0.2, -0.15) is 8.42 Å². The van der Waals surface area contributed by atoms with Crippen molar-refractivity contribution in [2.75, 3.05) is 46.8 Å². The van der Waals surface area contributed by atoms with Crippen molar-refractivity contribution in [2.45, 2.75) is 52.4 Å². The van der Waals surface area contributed by atoms with Crippen LogP contribution in [0, 0.1) is 17.8 Å². The quantitative estimate of drug-likeness (QED) is 0.198. The van der Waals surface area contributed by atoms with E-state index in [4.69, 9.17) is 18.9 Å². The van der Waals surface area contributed by atoms with Crippen LogP contribution in [-0.2, 0) is 29.2 Å². The second-order valence-corrected chi connectivity index (χ2v) is 8.44. The Balaban J connectivity index is 4.50. The van der Waals surface area contributed by atoms with Gasteiger partial charge in [0.25, 0.3) is 0 Å². The molecule has 0 N–H and O–H groups in total. The van der Waals surface area contributed by atoms with Crippen LogP contribution >= 0.6 is 0 Å². The van der Waals surface area contributed by atoms with Crippen LogP contribution in [0.15, 0.2) is 0 Å². The van der Waals surface area contributed by atoms with E-state index in [1.54, 1.807) is 14.2 Å². The highest BCUT2D eigenvalue weighted by molar-refractivity contribution is 7.86. The van der Waals surface area contributed by atoms with E-state index >= 15 is 0 Å². The molecule has 0 spiro atoms. The van der Waals surface area contributed by atoms with E-state index in [9.17, 15) is 12.3 Å². The molecule has 0 heterocycles. The minimum absolute atomic E-state index is 0.172. The Hall–Kier alpha value is -0.280. The van der Waals surface area contributed by atoms with Crippen molar-refractivity contribution >= 4 is 10.2 Å². The molecule has 0 aromatic carbocycles. The smallest absolute Gasteiger partial charge is 0.302 e. The molecule has 0 aromatic heterocycles. The first-order valence-electron chi connectivity index (χ1n) is 9.38. The van der Waals surface area contributed by atoms with Crippen molar-refractivity contribution in [2.24, 2.45) is 17.8 Å². The molecule has 0 radical (unpaired) electrons. The topological polar surface area (TPSA) is 71.1 Å². The lowest BCUT2D eigenvalue weighted by Crippen LogP contribution is -2.17. The number of hydrogen-bond donors (Lipinski definition) is 0. The van der Waals surface area contributed by atoms with Crippen LogP contribution in [-0.4, -0.2) is 55.2 Å². The molecule has 3 atom stereocenters. The van der Waals surface area contributed by atoms with Gasteiger partial charge in [-0.15, -0.1) is 3.89 Å². The fourth-order valence-electron chi connectivity index (χ4n) is 3.11. The van der Waals surface area contributed by atoms with E-state index in [1.807, 2.05) is 0 Å². The molecule has 0 aliphatic carbocycles. The molecule has 0 saturated carbocycles. The van der Waals surface area contributed by atoms with Crippen molar-refractivity contribution < 1.29 is 31.3 Å². The van der Waals surface area contributed by atoms with E-state index in [0.717, 1.165) is 32.1 Å². The summed E-state index contributed by atoms with van der Waals surface area (Å²) < 4.78 is 55.3. The summed E-state index contributed by atoms with van der Waals surface area (Å²) in [7, 11) is -1.26. The molecular formula is C18H37FO6S. The molecule has 0 fully saturated rings. The van der Waals surface area contributed by atoms with Crippen LogP contribution in [0.2, 0.25) is 0 Å². The van der Waals surface area contributed by atoms with Crippen LogP contribution in [0.5, 0.6) is 0 Å². The second-order valence-electron chi connectivity index (χ2n) is 6.96. The Bertz CT molecular complexity index is 418. The average Bonchev–Trinajstić information content (AvgIpc) is 2.58. The lowest BCUT2D eigenvalue weighted by Gasteiger charge is -2.25. The minimum Gasteiger partial charge on any atom is -0.359 e. The zero-order chi connectivity index (χ0) is 19.8. The maximum absolute atomic E-state index is 13.0. The summed E-state index contributed by atoms with van der Waals surface area (Å²) in [6.45, 7) is 6.00. The molecule has 0 amide bonds. The van der Waals surface area contributed by atoms with Crippen LogP contribution in [0.25, 0.3) is 0 Å². The Kier molecular flexibility index (Phi) is 15.6. The third kappa shape index (κ3) is 15.9. The molecule has 0 aliphatic heterocycles. The first-order valence-corrected chi connectivity index (χ1v) is 10.9. The van der Waals surface area contributed by atoms with Crippen molar-refractivity contribution in [3.05, 3.63) is 0 Å². The van der Waals surface area contributed by atoms with Gasteiger partial charge < -0.3 is 18.9 Å². The van der Waals surface area contributed by atoms with Crippen molar-refractivity contribution in [3.63, 3.8) is 0 Å². The SMILES string of the molecule is CCC(CCOCOC)CC(CCS(=O)(=O)F)CC(C)CCOCOC. The lowest BCUT2D eigenvalue weighted by molar-refractivity contribution is -0.0360. The molecule has 158 valence electrons. The Morgan fingerprint density at radius 2 is 1.46 bits per heavy atom. The van der Waals surface area contributed by atoms with Gasteiger partial charge in [-0.25, -0.2) is 0 Å². The molecule has 8 heteroatoms. The van der Waals surface area contributed by atoms with Gasteiger partial charge in [0.1, 0.15) is 13.6 Å². The van der Waals surface area contributed by atoms with Gasteiger partial charge in [-0.05, 0) is 49.9 Å². The molecule has 26 heavy (non-hydrogen) atoms. The van der Waals surface area contributed by atoms with Gasteiger partial charge in [0, 0.05) is 27.4 Å². The van der Waals surface area contributed by atoms with Gasteiger partial charge >= 0.3 is 10.2 Å². The largest absolute Gasteiger partial charge is 0.359 e. The third-order valence-corrected chi connectivity index (χ3v) is 5.30. The van der Waals surface area contributed by atoms with E-state index in [-0.39, 0.29) is 19.5 Å². The molecule has 0 bridgehead atoms. The zero-order valence-corrected chi connectivity index (χ0v) is 17.6. The highest BCUT2D eigenvalue weighted by atomic mass is 32.3. The molecule has 0 aliphatic rings. The van der Waals surface area contributed by atoms with Crippen LogP contribution in [0.4, 0.5) is 3.89 Å². The fraction of sp³-hybridized carbons (Fsp3) is 1.00. The van der Waals surface area contributed by atoms with Gasteiger partial charge in [0.05, 0.1) is 5.75 Å². The van der Waals surface area contributed by atoms with Gasteiger partial charge in [-0.1, -0.05) is 20.3 Å². The Morgan fingerprint density at radius 1 is 0.885 bits per heavy atom. The molecule has 6 nitrogen and oxygen atoms in total. The van der Waals surface area contributed by atoms with Crippen molar-refractivity contribution in [1.29, 1.82) is 0 Å². The molecule has 0 aromatic rings. The summed E-state index contributed by atoms with van der Waals surface area (Å²) >= 11 is 0. The predicted octanol–water partition coefficient (Wildman–Crippen LogP) is 3.76. The fourth-order valence-corrected chi connectivity index (χ4v) is 3.72. The minimum atomic E-state index is -4.43. The molecule has 0 rings (SSSR count). The highest BCUT2D eigenvalue weighted by Gasteiger charge is 2.21. The maximum atomic E-state index is 13.0. The lowest BCUT2D eigenvalue weighted by atomic mass is 9.83. The average molecular weight is 401 g/mol. The van der Waals surface area contributed by atoms with Crippen LogP contribution in [0.1, 0.15) is 52.4 Å². The van der Waals surface area contributed by atoms with E-state index in [1.165, 1.54) is 0 Å². The Morgan fingerprint density at radius 3 is 1.96 bits per heavy atom. The standard InChI is InChI=1S/C18H37FO6S/c1-5-17(7-10-25-15-23-4)13-18(8-11-26(19,20)21)12-16(2)6-9-24-14-22-3/h16-18H,5-15H2,1-4H3. The highest BCUT2D eigenvalue weighted by Crippen LogP contribution is 2.28. The Labute approximate surface area is 158 Å². The van der Waals surface area contributed by atoms with E-state index in [0.29, 0.717) is 31.5 Å². The summed E-state index contributed by atoms with van der Waals surface area (Å²) in [5.74, 6) is 0.573. The first kappa shape index (κ1) is 25.7. The molecular weight excluding hydrogens is 363 g/mol. The molecule has 3 unspecified atom stereocenters. The second kappa shape index (κ2) is 15.7. The number of hydrogen-bond acceptors (Lipinski definition) is 6. The maximum Gasteiger partial charge on any atom is 0.302 e. The van der Waals surface area contributed by atoms with E-state index in [2.05, 4.69) is 13.8 Å². The first-order chi connectivity index (χ1) is 12.3. The summed E-state index contributed by atoms with van der Waals surface area (Å²) in [5, 5.41) is 0. The summed E-state index contributed by atoms with van der Waals surface area (Å²) in [6, 6.07) is 0. The monoisotopic (exact) mass is 400 g/mol. The van der Waals surface area contributed by atoms with Crippen molar-refractivity contribution in [1.82, 2.24) is 0 Å². The third-order valence-electron chi connectivity index (χ3n) is 4.58. The van der Waals surface area contributed by atoms with E-state index < -0.39 is 16.0 Å². The summed E-state index contributed by atoms with van der Waals surface area (Å²) in [6.07, 6.45) is 4.85. The number of methoxy groups -OCH3 is 2. The van der Waals surface area contributed by atoms with Gasteiger partial charge in [0.15, 0.2) is 0 Å².